The minimum absolute atomic E-state index is 0.00364. The van der Waals surface area contributed by atoms with E-state index < -0.39 is 18.0 Å². The van der Waals surface area contributed by atoms with E-state index in [0.717, 1.165) is 6.42 Å². The van der Waals surface area contributed by atoms with Crippen LogP contribution in [0.25, 0.3) is 0 Å². The van der Waals surface area contributed by atoms with Crippen molar-refractivity contribution in [3.05, 3.63) is 0 Å². The van der Waals surface area contributed by atoms with E-state index in [4.69, 9.17) is 9.84 Å². The molecule has 1 aliphatic rings. The van der Waals surface area contributed by atoms with Gasteiger partial charge in [-0.1, -0.05) is 13.3 Å². The molecular weight excluding hydrogens is 212 g/mol. The first kappa shape index (κ1) is 12.8. The number of hydrogen-bond donors (Lipinski definition) is 3. The van der Waals surface area contributed by atoms with Crippen LogP contribution in [0.1, 0.15) is 26.2 Å². The molecule has 2 amide bonds. The lowest BCUT2D eigenvalue weighted by atomic mass is 10.2. The molecule has 1 heterocycles. The summed E-state index contributed by atoms with van der Waals surface area (Å²) in [5.41, 5.74) is 0. The number of carbonyl (C=O) groups excluding carboxylic acids is 1. The molecule has 0 bridgehead atoms. The predicted molar refractivity (Wildman–Crippen MR) is 57.2 cm³/mol. The first-order valence-electron chi connectivity index (χ1n) is 5.51. The van der Waals surface area contributed by atoms with Crippen molar-refractivity contribution in [1.29, 1.82) is 0 Å². The molecule has 2 atom stereocenters. The highest BCUT2D eigenvalue weighted by Gasteiger charge is 2.22. The predicted octanol–water partition coefficient (Wildman–Crippen LogP) is 0.328. The number of urea groups is 1. The van der Waals surface area contributed by atoms with Gasteiger partial charge in [-0.2, -0.15) is 0 Å². The largest absolute Gasteiger partial charge is 0.480 e. The molecule has 6 nitrogen and oxygen atoms in total. The SMILES string of the molecule is CCC[C@@H](NC(=O)NC1CCOC1)C(=O)O. The van der Waals surface area contributed by atoms with Crippen LogP contribution in [-0.2, 0) is 9.53 Å². The van der Waals surface area contributed by atoms with Crippen LogP contribution >= 0.6 is 0 Å². The summed E-state index contributed by atoms with van der Waals surface area (Å²) < 4.78 is 5.10. The number of carbonyl (C=O) groups is 2. The molecule has 0 aromatic rings. The summed E-state index contributed by atoms with van der Waals surface area (Å²) in [5.74, 6) is -1.00. The molecule has 1 fully saturated rings. The maximum Gasteiger partial charge on any atom is 0.326 e. The van der Waals surface area contributed by atoms with E-state index in [-0.39, 0.29) is 6.04 Å². The number of amides is 2. The van der Waals surface area contributed by atoms with Crippen molar-refractivity contribution in [1.82, 2.24) is 10.6 Å². The molecule has 0 spiro atoms. The molecule has 1 unspecified atom stereocenters. The molecule has 1 rings (SSSR count). The van der Waals surface area contributed by atoms with Gasteiger partial charge in [0.25, 0.3) is 0 Å². The third kappa shape index (κ3) is 4.06. The van der Waals surface area contributed by atoms with E-state index in [9.17, 15) is 9.59 Å². The summed E-state index contributed by atoms with van der Waals surface area (Å²) in [4.78, 5) is 22.2. The summed E-state index contributed by atoms with van der Waals surface area (Å²) in [6, 6.07) is -1.25. The highest BCUT2D eigenvalue weighted by molar-refractivity contribution is 5.82. The fourth-order valence-electron chi connectivity index (χ4n) is 1.58. The Bertz CT molecular complexity index is 251. The Morgan fingerprint density at radius 3 is 2.81 bits per heavy atom. The summed E-state index contributed by atoms with van der Waals surface area (Å²) in [5, 5.41) is 14.0. The van der Waals surface area contributed by atoms with Crippen LogP contribution in [-0.4, -0.2) is 42.4 Å². The van der Waals surface area contributed by atoms with Crippen LogP contribution in [0.5, 0.6) is 0 Å². The molecule has 6 heteroatoms. The quantitative estimate of drug-likeness (QED) is 0.635. The van der Waals surface area contributed by atoms with Gasteiger partial charge in [0, 0.05) is 6.61 Å². The fourth-order valence-corrected chi connectivity index (χ4v) is 1.58. The molecule has 1 aliphatic heterocycles. The normalized spacial score (nSPS) is 21.4. The molecule has 0 radical (unpaired) electrons. The lowest BCUT2D eigenvalue weighted by Crippen LogP contribution is -2.49. The van der Waals surface area contributed by atoms with Crippen molar-refractivity contribution in [3.8, 4) is 0 Å². The smallest absolute Gasteiger partial charge is 0.326 e. The van der Waals surface area contributed by atoms with E-state index in [1.807, 2.05) is 6.92 Å². The number of hydrogen-bond acceptors (Lipinski definition) is 3. The van der Waals surface area contributed by atoms with E-state index in [0.29, 0.717) is 26.1 Å². The molecule has 0 aliphatic carbocycles. The summed E-state index contributed by atoms with van der Waals surface area (Å²) in [6.07, 6.45) is 1.92. The first-order valence-corrected chi connectivity index (χ1v) is 5.51. The number of nitrogens with one attached hydrogen (secondary N) is 2. The van der Waals surface area contributed by atoms with Gasteiger partial charge < -0.3 is 20.5 Å². The number of carboxylic acid groups (broad SMARTS) is 1. The lowest BCUT2D eigenvalue weighted by molar-refractivity contribution is -0.139. The third-order valence-corrected chi connectivity index (χ3v) is 2.45. The Labute approximate surface area is 94.3 Å². The second-order valence-electron chi connectivity index (χ2n) is 3.86. The first-order chi connectivity index (χ1) is 7.63. The van der Waals surface area contributed by atoms with E-state index >= 15 is 0 Å². The van der Waals surface area contributed by atoms with Gasteiger partial charge in [-0.15, -0.1) is 0 Å². The summed E-state index contributed by atoms with van der Waals surface area (Å²) in [7, 11) is 0. The molecule has 92 valence electrons. The molecule has 1 saturated heterocycles. The highest BCUT2D eigenvalue weighted by Crippen LogP contribution is 2.03. The Morgan fingerprint density at radius 2 is 2.31 bits per heavy atom. The number of carboxylic acids is 1. The standard InChI is InChI=1S/C10H18N2O4/c1-2-3-8(9(13)14)12-10(15)11-7-4-5-16-6-7/h7-8H,2-6H2,1H3,(H,13,14)(H2,11,12,15)/t7?,8-/m1/s1. The average molecular weight is 230 g/mol. The molecule has 3 N–H and O–H groups in total. The second-order valence-corrected chi connectivity index (χ2v) is 3.86. The van der Waals surface area contributed by atoms with Gasteiger partial charge >= 0.3 is 12.0 Å². The topological polar surface area (TPSA) is 87.7 Å². The highest BCUT2D eigenvalue weighted by atomic mass is 16.5. The molecule has 0 aromatic heterocycles. The van der Waals surface area contributed by atoms with Crippen molar-refractivity contribution in [3.63, 3.8) is 0 Å². The van der Waals surface area contributed by atoms with Gasteiger partial charge in [0.1, 0.15) is 6.04 Å². The van der Waals surface area contributed by atoms with Gasteiger partial charge in [-0.05, 0) is 12.8 Å². The number of ether oxygens (including phenoxy) is 1. The number of rotatable bonds is 5. The van der Waals surface area contributed by atoms with E-state index in [2.05, 4.69) is 10.6 Å². The van der Waals surface area contributed by atoms with Crippen LogP contribution in [0, 0.1) is 0 Å². The van der Waals surface area contributed by atoms with E-state index in [1.54, 1.807) is 0 Å². The zero-order valence-electron chi connectivity index (χ0n) is 9.36. The van der Waals surface area contributed by atoms with Gasteiger partial charge in [0.2, 0.25) is 0 Å². The van der Waals surface area contributed by atoms with Crippen molar-refractivity contribution in [2.45, 2.75) is 38.3 Å². The summed E-state index contributed by atoms with van der Waals surface area (Å²) >= 11 is 0. The van der Waals surface area contributed by atoms with Crippen LogP contribution in [0.2, 0.25) is 0 Å². The van der Waals surface area contributed by atoms with Crippen LogP contribution in [0.3, 0.4) is 0 Å². The lowest BCUT2D eigenvalue weighted by Gasteiger charge is -2.16. The average Bonchev–Trinajstić information content (AvgIpc) is 2.69. The molecule has 0 aromatic carbocycles. The van der Waals surface area contributed by atoms with Gasteiger partial charge in [-0.3, -0.25) is 0 Å². The van der Waals surface area contributed by atoms with Crippen molar-refractivity contribution in [2.75, 3.05) is 13.2 Å². The van der Waals surface area contributed by atoms with Crippen molar-refractivity contribution in [2.24, 2.45) is 0 Å². The summed E-state index contributed by atoms with van der Waals surface area (Å²) in [6.45, 7) is 3.02. The molecule has 0 saturated carbocycles. The minimum atomic E-state index is -1.00. The van der Waals surface area contributed by atoms with Crippen LogP contribution in [0.15, 0.2) is 0 Å². The Balaban J connectivity index is 2.32. The number of aliphatic carboxylic acids is 1. The maximum atomic E-state index is 11.4. The zero-order chi connectivity index (χ0) is 12.0. The van der Waals surface area contributed by atoms with Crippen molar-refractivity contribution >= 4 is 12.0 Å². The second kappa shape index (κ2) is 6.32. The van der Waals surface area contributed by atoms with Crippen molar-refractivity contribution < 1.29 is 19.4 Å². The monoisotopic (exact) mass is 230 g/mol. The van der Waals surface area contributed by atoms with Gasteiger partial charge in [0.05, 0.1) is 12.6 Å². The van der Waals surface area contributed by atoms with Crippen LogP contribution < -0.4 is 10.6 Å². The molecular formula is C10H18N2O4. The Kier molecular flexibility index (Phi) is 5.04. The van der Waals surface area contributed by atoms with Crippen LogP contribution in [0.4, 0.5) is 4.79 Å². The van der Waals surface area contributed by atoms with E-state index in [1.165, 1.54) is 0 Å². The Morgan fingerprint density at radius 1 is 1.56 bits per heavy atom. The maximum absolute atomic E-state index is 11.4. The Hall–Kier alpha value is -1.30. The fraction of sp³-hybridized carbons (Fsp3) is 0.800. The van der Waals surface area contributed by atoms with Gasteiger partial charge in [-0.25, -0.2) is 9.59 Å². The zero-order valence-corrected chi connectivity index (χ0v) is 9.36. The minimum Gasteiger partial charge on any atom is -0.480 e. The molecule has 16 heavy (non-hydrogen) atoms. The van der Waals surface area contributed by atoms with Gasteiger partial charge in [0.15, 0.2) is 0 Å². The third-order valence-electron chi connectivity index (χ3n) is 2.45.